The van der Waals surface area contributed by atoms with Crippen molar-refractivity contribution in [2.75, 3.05) is 0 Å². The van der Waals surface area contributed by atoms with E-state index in [-0.39, 0.29) is 4.31 Å². The zero-order chi connectivity index (χ0) is 18.2. The molecule has 134 valence electrons. The smallest absolute Gasteiger partial charge is 0.364 e. The Morgan fingerprint density at radius 3 is 1.88 bits per heavy atom. The number of nitrogens with zero attached hydrogens (tertiary/aromatic N) is 1. The second kappa shape index (κ2) is 6.41. The van der Waals surface area contributed by atoms with E-state index in [1.807, 2.05) is 0 Å². The van der Waals surface area contributed by atoms with Crippen LogP contribution in [0.1, 0.15) is 23.2 Å². The lowest BCUT2D eigenvalue weighted by atomic mass is 9.95. The molecule has 1 saturated heterocycles. The number of rotatable bonds is 3. The fourth-order valence-electron chi connectivity index (χ4n) is 2.95. The van der Waals surface area contributed by atoms with Crippen LogP contribution in [0.25, 0.3) is 0 Å². The van der Waals surface area contributed by atoms with Crippen LogP contribution in [0.15, 0.2) is 60.7 Å². The molecule has 0 aromatic heterocycles. The number of benzene rings is 2. The van der Waals surface area contributed by atoms with Gasteiger partial charge in [-0.2, -0.15) is 13.2 Å². The van der Waals surface area contributed by atoms with Gasteiger partial charge in [0.25, 0.3) is 0 Å². The van der Waals surface area contributed by atoms with Crippen molar-refractivity contribution in [1.29, 1.82) is 0 Å². The molecule has 0 saturated carbocycles. The van der Waals surface area contributed by atoms with E-state index in [1.54, 1.807) is 48.5 Å². The predicted octanol–water partition coefficient (Wildman–Crippen LogP) is 2.50. The van der Waals surface area contributed by atoms with Crippen molar-refractivity contribution in [3.8, 4) is 0 Å². The van der Waals surface area contributed by atoms with Crippen molar-refractivity contribution < 1.29 is 26.7 Å². The maximum absolute atomic E-state index is 13.1. The first-order valence-corrected chi connectivity index (χ1v) is 8.81. The normalized spacial score (nSPS) is 25.2. The molecule has 1 fully saturated rings. The number of hydrogen-bond donors (Lipinski definition) is 2. The Morgan fingerprint density at radius 2 is 1.40 bits per heavy atom. The Hall–Kier alpha value is -1.94. The minimum absolute atomic E-state index is 0.0833. The van der Waals surface area contributed by atoms with E-state index in [9.17, 15) is 26.7 Å². The van der Waals surface area contributed by atoms with Crippen LogP contribution in [0.5, 0.6) is 0 Å². The molecule has 1 unspecified atom stereocenters. The third-order valence-corrected chi connectivity index (χ3v) is 5.60. The summed E-state index contributed by atoms with van der Waals surface area (Å²) in [5, 5.41) is 12.6. The maximum Gasteiger partial charge on any atom is 0.511 e. The van der Waals surface area contributed by atoms with Gasteiger partial charge in [0.05, 0.1) is 12.1 Å². The van der Waals surface area contributed by atoms with Crippen molar-refractivity contribution >= 4 is 10.0 Å². The van der Waals surface area contributed by atoms with Gasteiger partial charge in [0.2, 0.25) is 0 Å². The first-order chi connectivity index (χ1) is 11.7. The molecule has 2 N–H and O–H groups in total. The highest BCUT2D eigenvalue weighted by Crippen LogP contribution is 2.44. The summed E-state index contributed by atoms with van der Waals surface area (Å²) in [5.41, 5.74) is -4.61. The molecule has 1 aliphatic heterocycles. The van der Waals surface area contributed by atoms with E-state index < -0.39 is 34.0 Å². The number of sulfonamides is 1. The summed E-state index contributed by atoms with van der Waals surface area (Å²) in [6.07, 6.45) is -2.00. The molecule has 1 aliphatic rings. The molecular formula is C16H15F3N2O3S. The molecule has 3 atom stereocenters. The molecule has 0 spiro atoms. The molecular weight excluding hydrogens is 357 g/mol. The zero-order valence-corrected chi connectivity index (χ0v) is 13.6. The van der Waals surface area contributed by atoms with E-state index in [0.717, 1.165) is 0 Å². The summed E-state index contributed by atoms with van der Waals surface area (Å²) in [5.74, 6) is 0. The van der Waals surface area contributed by atoms with Crippen LogP contribution in [0.2, 0.25) is 0 Å². The van der Waals surface area contributed by atoms with Gasteiger partial charge in [0.15, 0.2) is 6.35 Å². The first-order valence-electron chi connectivity index (χ1n) is 7.37. The van der Waals surface area contributed by atoms with Gasteiger partial charge in [0.1, 0.15) is 0 Å². The van der Waals surface area contributed by atoms with Crippen molar-refractivity contribution in [2.24, 2.45) is 0 Å². The lowest BCUT2D eigenvalue weighted by Gasteiger charge is -2.28. The number of aliphatic hydroxyl groups excluding tert-OH is 1. The van der Waals surface area contributed by atoms with Crippen LogP contribution < -0.4 is 5.32 Å². The number of nitrogens with one attached hydrogen (secondary N) is 1. The highest BCUT2D eigenvalue weighted by Gasteiger charge is 2.58. The second-order valence-electron chi connectivity index (χ2n) is 5.56. The highest BCUT2D eigenvalue weighted by molar-refractivity contribution is 7.90. The third kappa shape index (κ3) is 3.15. The quantitative estimate of drug-likeness (QED) is 0.869. The molecule has 9 heteroatoms. The number of hydrogen-bond acceptors (Lipinski definition) is 4. The van der Waals surface area contributed by atoms with Gasteiger partial charge in [-0.25, -0.2) is 8.42 Å². The number of alkyl halides is 3. The summed E-state index contributed by atoms with van der Waals surface area (Å²) < 4.78 is 63.5. The standard InChI is InChI=1S/C16H15F3N2O3S/c17-16(18,19)25(23,24)21-14(12-9-5-2-6-10-12)13(20-15(21)22)11-7-3-1-4-8-11/h1-10,13-15,20,22H/t13-,14-,15?/m1/s1. The Labute approximate surface area is 142 Å². The SMILES string of the molecule is O=S(=O)(N1C(O)N[C@H](c2ccccc2)[C@H]1c1ccccc1)C(F)(F)F. The Kier molecular flexibility index (Phi) is 4.58. The van der Waals surface area contributed by atoms with Crippen molar-refractivity contribution in [1.82, 2.24) is 9.62 Å². The van der Waals surface area contributed by atoms with Gasteiger partial charge in [0, 0.05) is 0 Å². The second-order valence-corrected chi connectivity index (χ2v) is 7.40. The molecule has 1 heterocycles. The van der Waals surface area contributed by atoms with E-state index in [1.165, 1.54) is 12.1 Å². The lowest BCUT2D eigenvalue weighted by Crippen LogP contribution is -2.46. The summed E-state index contributed by atoms with van der Waals surface area (Å²) in [6.45, 7) is 0. The lowest BCUT2D eigenvalue weighted by molar-refractivity contribution is -0.0566. The highest BCUT2D eigenvalue weighted by atomic mass is 32.2. The topological polar surface area (TPSA) is 69.6 Å². The molecule has 2 aromatic carbocycles. The molecule has 25 heavy (non-hydrogen) atoms. The van der Waals surface area contributed by atoms with Crippen LogP contribution in [0.4, 0.5) is 13.2 Å². The fraction of sp³-hybridized carbons (Fsp3) is 0.250. The van der Waals surface area contributed by atoms with Crippen LogP contribution in [-0.2, 0) is 10.0 Å². The Balaban J connectivity index is 2.14. The number of halogens is 3. The van der Waals surface area contributed by atoms with Crippen molar-refractivity contribution in [2.45, 2.75) is 23.9 Å². The van der Waals surface area contributed by atoms with Crippen LogP contribution in [0.3, 0.4) is 0 Å². The summed E-state index contributed by atoms with van der Waals surface area (Å²) >= 11 is 0. The minimum Gasteiger partial charge on any atom is -0.364 e. The Morgan fingerprint density at radius 1 is 0.920 bits per heavy atom. The average molecular weight is 372 g/mol. The van der Waals surface area contributed by atoms with Gasteiger partial charge in [-0.1, -0.05) is 60.7 Å². The van der Waals surface area contributed by atoms with E-state index in [4.69, 9.17) is 0 Å². The fourth-order valence-corrected chi connectivity index (χ4v) is 4.06. The summed E-state index contributed by atoms with van der Waals surface area (Å²) in [7, 11) is -5.74. The minimum atomic E-state index is -5.74. The molecule has 5 nitrogen and oxygen atoms in total. The van der Waals surface area contributed by atoms with Crippen LogP contribution in [0, 0.1) is 0 Å². The van der Waals surface area contributed by atoms with E-state index in [2.05, 4.69) is 5.32 Å². The van der Waals surface area contributed by atoms with Crippen molar-refractivity contribution in [3.63, 3.8) is 0 Å². The van der Waals surface area contributed by atoms with Crippen molar-refractivity contribution in [3.05, 3.63) is 71.8 Å². The molecule has 0 aliphatic carbocycles. The third-order valence-electron chi connectivity index (χ3n) is 4.03. The van der Waals surface area contributed by atoms with E-state index >= 15 is 0 Å². The number of aliphatic hydroxyl groups is 1. The summed E-state index contributed by atoms with van der Waals surface area (Å²) in [6, 6.07) is 14.3. The van der Waals surface area contributed by atoms with Gasteiger partial charge in [-0.15, -0.1) is 4.31 Å². The molecule has 0 amide bonds. The van der Waals surface area contributed by atoms with Gasteiger partial charge >= 0.3 is 15.5 Å². The average Bonchev–Trinajstić information content (AvgIpc) is 2.93. The monoisotopic (exact) mass is 372 g/mol. The predicted molar refractivity (Wildman–Crippen MR) is 84.3 cm³/mol. The molecule has 2 aromatic rings. The first kappa shape index (κ1) is 17.9. The molecule has 0 radical (unpaired) electrons. The van der Waals surface area contributed by atoms with Crippen LogP contribution >= 0.6 is 0 Å². The molecule has 3 rings (SSSR count). The van der Waals surface area contributed by atoms with Gasteiger partial charge in [-0.05, 0) is 11.1 Å². The van der Waals surface area contributed by atoms with E-state index in [0.29, 0.717) is 11.1 Å². The maximum atomic E-state index is 13.1. The largest absolute Gasteiger partial charge is 0.511 e. The van der Waals surface area contributed by atoms with Gasteiger partial charge in [-0.3, -0.25) is 5.32 Å². The van der Waals surface area contributed by atoms with Crippen LogP contribution in [-0.4, -0.2) is 29.7 Å². The Bertz CT molecular complexity index is 829. The summed E-state index contributed by atoms with van der Waals surface area (Å²) in [4.78, 5) is 0. The molecule has 0 bridgehead atoms. The zero-order valence-electron chi connectivity index (χ0n) is 12.8. The van der Waals surface area contributed by atoms with Gasteiger partial charge < -0.3 is 5.11 Å².